The molecule has 0 radical (unpaired) electrons. The average Bonchev–Trinajstić information content (AvgIpc) is 2.19. The second kappa shape index (κ2) is 5.01. The fourth-order valence-electron chi connectivity index (χ4n) is 1.09. The van der Waals surface area contributed by atoms with Crippen LogP contribution in [-0.2, 0) is 0 Å². The molecule has 1 N–H and O–H groups in total. The number of aliphatic hydroxyl groups excluding tert-OH is 1. The second-order valence-electron chi connectivity index (χ2n) is 3.84. The Kier molecular flexibility index (Phi) is 3.96. The summed E-state index contributed by atoms with van der Waals surface area (Å²) in [5.41, 5.74) is 2.51. The van der Waals surface area contributed by atoms with Gasteiger partial charge in [0, 0.05) is 12.5 Å². The van der Waals surface area contributed by atoms with Crippen LogP contribution in [0.3, 0.4) is 0 Å². The summed E-state index contributed by atoms with van der Waals surface area (Å²) in [4.78, 5) is 0. The molecule has 2 heteroatoms. The molecule has 1 aromatic rings. The van der Waals surface area contributed by atoms with Crippen molar-refractivity contribution in [3.63, 3.8) is 0 Å². The zero-order valence-corrected chi connectivity index (χ0v) is 9.08. The molecule has 0 aliphatic carbocycles. The molecule has 0 aliphatic heterocycles. The van der Waals surface area contributed by atoms with Gasteiger partial charge in [-0.1, -0.05) is 13.0 Å². The van der Waals surface area contributed by atoms with Crippen LogP contribution in [0.5, 0.6) is 5.75 Å². The van der Waals surface area contributed by atoms with Gasteiger partial charge in [-0.05, 0) is 37.1 Å². The summed E-state index contributed by atoms with van der Waals surface area (Å²) >= 11 is 0. The first-order valence-electron chi connectivity index (χ1n) is 4.94. The van der Waals surface area contributed by atoms with Crippen molar-refractivity contribution in [2.75, 3.05) is 13.2 Å². The molecule has 78 valence electrons. The van der Waals surface area contributed by atoms with Gasteiger partial charge in [0.15, 0.2) is 0 Å². The van der Waals surface area contributed by atoms with Crippen LogP contribution in [0.4, 0.5) is 0 Å². The first-order chi connectivity index (χ1) is 6.63. The predicted octanol–water partition coefficient (Wildman–Crippen LogP) is 2.31. The lowest BCUT2D eigenvalue weighted by atomic mass is 10.1. The van der Waals surface area contributed by atoms with Crippen LogP contribution in [0.2, 0.25) is 0 Å². The molecule has 14 heavy (non-hydrogen) atoms. The molecule has 0 aliphatic rings. The van der Waals surface area contributed by atoms with Crippen LogP contribution in [0.25, 0.3) is 0 Å². The number of rotatable bonds is 4. The van der Waals surface area contributed by atoms with Crippen LogP contribution in [0.15, 0.2) is 18.2 Å². The van der Waals surface area contributed by atoms with Gasteiger partial charge in [-0.2, -0.15) is 0 Å². The largest absolute Gasteiger partial charge is 0.493 e. The van der Waals surface area contributed by atoms with Crippen LogP contribution >= 0.6 is 0 Å². The number of hydrogen-bond acceptors (Lipinski definition) is 2. The highest BCUT2D eigenvalue weighted by Gasteiger charge is 2.01. The Morgan fingerprint density at radius 2 is 2.00 bits per heavy atom. The summed E-state index contributed by atoms with van der Waals surface area (Å²) in [5, 5.41) is 8.83. The van der Waals surface area contributed by atoms with Crippen molar-refractivity contribution in [1.82, 2.24) is 0 Å². The lowest BCUT2D eigenvalue weighted by molar-refractivity contribution is 0.174. The molecular formula is C12H18O2. The zero-order chi connectivity index (χ0) is 10.6. The maximum absolute atomic E-state index is 8.83. The second-order valence-corrected chi connectivity index (χ2v) is 3.84. The molecule has 0 saturated heterocycles. The van der Waals surface area contributed by atoms with E-state index >= 15 is 0 Å². The third-order valence-electron chi connectivity index (χ3n) is 2.32. The number of hydrogen-bond donors (Lipinski definition) is 1. The van der Waals surface area contributed by atoms with Gasteiger partial charge in [0.25, 0.3) is 0 Å². The Morgan fingerprint density at radius 3 is 2.57 bits per heavy atom. The Balaban J connectivity index is 2.55. The Morgan fingerprint density at radius 1 is 1.29 bits per heavy atom. The minimum absolute atomic E-state index is 0.171. The summed E-state index contributed by atoms with van der Waals surface area (Å²) in [6.07, 6.45) is 0. The molecule has 0 saturated carbocycles. The minimum atomic E-state index is 0.171. The predicted molar refractivity (Wildman–Crippen MR) is 57.7 cm³/mol. The topological polar surface area (TPSA) is 29.5 Å². The van der Waals surface area contributed by atoms with Crippen molar-refractivity contribution in [2.45, 2.75) is 20.8 Å². The molecule has 1 atom stereocenters. The summed E-state index contributed by atoms with van der Waals surface area (Å²) in [5.74, 6) is 1.07. The van der Waals surface area contributed by atoms with Gasteiger partial charge in [0.2, 0.25) is 0 Å². The van der Waals surface area contributed by atoms with E-state index < -0.39 is 0 Å². The van der Waals surface area contributed by atoms with E-state index in [-0.39, 0.29) is 12.5 Å². The molecule has 0 bridgehead atoms. The van der Waals surface area contributed by atoms with E-state index in [0.717, 1.165) is 5.75 Å². The Bertz CT molecular complexity index is 294. The summed E-state index contributed by atoms with van der Waals surface area (Å²) in [7, 11) is 0. The van der Waals surface area contributed by atoms with Crippen molar-refractivity contribution in [3.8, 4) is 5.75 Å². The summed E-state index contributed by atoms with van der Waals surface area (Å²) in [6, 6.07) is 6.04. The quantitative estimate of drug-likeness (QED) is 0.797. The van der Waals surface area contributed by atoms with E-state index in [9.17, 15) is 0 Å². The van der Waals surface area contributed by atoms with Gasteiger partial charge in [-0.3, -0.25) is 0 Å². The van der Waals surface area contributed by atoms with E-state index in [2.05, 4.69) is 13.8 Å². The Hall–Kier alpha value is -1.02. The molecule has 0 spiro atoms. The van der Waals surface area contributed by atoms with Crippen molar-refractivity contribution >= 4 is 0 Å². The minimum Gasteiger partial charge on any atom is -0.493 e. The molecule has 2 nitrogen and oxygen atoms in total. The SMILES string of the molecule is Cc1ccc(OCC(C)CO)cc1C. The lowest BCUT2D eigenvalue weighted by Crippen LogP contribution is -2.12. The lowest BCUT2D eigenvalue weighted by Gasteiger charge is -2.11. The summed E-state index contributed by atoms with van der Waals surface area (Å²) in [6.45, 7) is 6.85. The molecule has 0 amide bonds. The highest BCUT2D eigenvalue weighted by atomic mass is 16.5. The van der Waals surface area contributed by atoms with Crippen molar-refractivity contribution in [2.24, 2.45) is 5.92 Å². The van der Waals surface area contributed by atoms with Crippen LogP contribution in [0.1, 0.15) is 18.1 Å². The fraction of sp³-hybridized carbons (Fsp3) is 0.500. The third kappa shape index (κ3) is 3.04. The van der Waals surface area contributed by atoms with Crippen molar-refractivity contribution in [1.29, 1.82) is 0 Å². The monoisotopic (exact) mass is 194 g/mol. The van der Waals surface area contributed by atoms with Crippen molar-refractivity contribution < 1.29 is 9.84 Å². The van der Waals surface area contributed by atoms with Gasteiger partial charge < -0.3 is 9.84 Å². The normalized spacial score (nSPS) is 12.6. The van der Waals surface area contributed by atoms with E-state index in [1.165, 1.54) is 11.1 Å². The van der Waals surface area contributed by atoms with Crippen LogP contribution in [0, 0.1) is 19.8 Å². The Labute approximate surface area is 85.5 Å². The molecule has 1 unspecified atom stereocenters. The van der Waals surface area contributed by atoms with Gasteiger partial charge in [0.1, 0.15) is 5.75 Å². The number of aryl methyl sites for hydroxylation is 2. The first kappa shape index (κ1) is 11.1. The molecule has 0 heterocycles. The van der Waals surface area contributed by atoms with E-state index in [0.29, 0.717) is 6.61 Å². The molecule has 1 aromatic carbocycles. The standard InChI is InChI=1S/C12H18O2/c1-9(7-13)8-14-12-5-4-10(2)11(3)6-12/h4-6,9,13H,7-8H2,1-3H3. The first-order valence-corrected chi connectivity index (χ1v) is 4.94. The summed E-state index contributed by atoms with van der Waals surface area (Å²) < 4.78 is 5.53. The van der Waals surface area contributed by atoms with E-state index in [1.54, 1.807) is 0 Å². The van der Waals surface area contributed by atoms with Crippen LogP contribution in [-0.4, -0.2) is 18.3 Å². The molecule has 0 aromatic heterocycles. The van der Waals surface area contributed by atoms with Crippen LogP contribution < -0.4 is 4.74 Å². The maximum atomic E-state index is 8.83. The third-order valence-corrected chi connectivity index (χ3v) is 2.32. The molecule has 1 rings (SSSR count). The van der Waals surface area contributed by atoms with E-state index in [1.807, 2.05) is 25.1 Å². The molecule has 0 fully saturated rings. The number of benzene rings is 1. The highest BCUT2D eigenvalue weighted by molar-refractivity contribution is 5.33. The number of aliphatic hydroxyl groups is 1. The van der Waals surface area contributed by atoms with Gasteiger partial charge in [-0.25, -0.2) is 0 Å². The maximum Gasteiger partial charge on any atom is 0.119 e. The van der Waals surface area contributed by atoms with Crippen molar-refractivity contribution in [3.05, 3.63) is 29.3 Å². The van der Waals surface area contributed by atoms with E-state index in [4.69, 9.17) is 9.84 Å². The van der Waals surface area contributed by atoms with Gasteiger partial charge in [-0.15, -0.1) is 0 Å². The fourth-order valence-corrected chi connectivity index (χ4v) is 1.09. The zero-order valence-electron chi connectivity index (χ0n) is 9.08. The highest BCUT2D eigenvalue weighted by Crippen LogP contribution is 2.16. The number of ether oxygens (including phenoxy) is 1. The van der Waals surface area contributed by atoms with Gasteiger partial charge in [0.05, 0.1) is 6.61 Å². The smallest absolute Gasteiger partial charge is 0.119 e. The molecular weight excluding hydrogens is 176 g/mol. The average molecular weight is 194 g/mol. The van der Waals surface area contributed by atoms with Gasteiger partial charge >= 0.3 is 0 Å².